The molecule has 0 saturated carbocycles. The van der Waals surface area contributed by atoms with Gasteiger partial charge in [-0.25, -0.2) is 9.56 Å². The van der Waals surface area contributed by atoms with Gasteiger partial charge in [0.2, 0.25) is 11.3 Å². The van der Waals surface area contributed by atoms with Crippen molar-refractivity contribution in [1.82, 2.24) is 30.2 Å². The zero-order valence-corrected chi connectivity index (χ0v) is 51.2. The van der Waals surface area contributed by atoms with E-state index >= 15 is 0 Å². The Bertz CT molecular complexity index is 4040. The number of aliphatic hydroxyl groups excluding tert-OH is 1. The number of aromatic carboxylic acids is 1. The van der Waals surface area contributed by atoms with Gasteiger partial charge in [0.05, 0.1) is 93.8 Å². The standard InChI is InChI=1S/C69H72ClN7O14/c70-53-36-54-66(75-69(73-54)90-56-38-89-64-55(78)37-88-65(56)64)74-59(53)42-11-9-40(10-12-42)41-13-16-46(17-14-41)87-26-20-71-57(79)39-86-32-31-85-30-29-84-28-27-83-25-19-72-67(80)45-15-18-47(68(81)82)50(35-45)58-51-33-43-5-1-21-76-23-3-7-48(60(43)76)62(51)91-63-49-8-4-24-77-22-2-6-44(61(49)77)34-52(58)63/h9-18,33-36,55-56,64-65,78H,1-8,19-32,37-39H2,(H3-,71,72,73,74,75,79,80,81,82)/t55-,56-,64-,65-/m1/s1. The van der Waals surface area contributed by atoms with E-state index < -0.39 is 24.3 Å². The van der Waals surface area contributed by atoms with Crippen LogP contribution in [0.5, 0.6) is 23.3 Å². The first-order valence-electron chi connectivity index (χ1n) is 31.7. The number of nitrogens with zero attached hydrogens (tertiary/aromatic N) is 4. The molecule has 4 N–H and O–H groups in total. The summed E-state index contributed by atoms with van der Waals surface area (Å²) in [7, 11) is 0. The Morgan fingerprint density at radius 1 is 0.703 bits per heavy atom. The van der Waals surface area contributed by atoms with E-state index in [-0.39, 0.29) is 75.7 Å². The molecular formula is C69H72ClN7O14. The van der Waals surface area contributed by atoms with Crippen LogP contribution >= 0.6 is 11.6 Å². The molecule has 4 atom stereocenters. The molecule has 474 valence electrons. The first-order valence-corrected chi connectivity index (χ1v) is 32.1. The van der Waals surface area contributed by atoms with Gasteiger partial charge < -0.3 is 78.2 Å². The number of carboxylic acid groups (broad SMARTS) is 1. The number of aromatic amines is 1. The molecule has 21 nitrogen and oxygen atoms in total. The second-order valence-electron chi connectivity index (χ2n) is 23.9. The number of benzene rings is 5. The van der Waals surface area contributed by atoms with Gasteiger partial charge in [-0.3, -0.25) is 9.59 Å². The van der Waals surface area contributed by atoms with E-state index in [4.69, 9.17) is 59.2 Å². The predicted octanol–water partition coefficient (Wildman–Crippen LogP) is 4.64. The predicted molar refractivity (Wildman–Crippen MR) is 335 cm³/mol. The maximum absolute atomic E-state index is 13.8. The van der Waals surface area contributed by atoms with Crippen LogP contribution in [-0.2, 0) is 58.9 Å². The molecule has 7 aromatic rings. The second kappa shape index (κ2) is 27.1. The number of H-pyrrole nitrogens is 1. The molecule has 2 fully saturated rings. The van der Waals surface area contributed by atoms with Crippen LogP contribution in [0.15, 0.2) is 84.9 Å². The third kappa shape index (κ3) is 12.7. The number of nitrogens with one attached hydrogen (secondary N) is 3. The fourth-order valence-corrected chi connectivity index (χ4v) is 14.1. The minimum absolute atomic E-state index is 0.0307. The van der Waals surface area contributed by atoms with Gasteiger partial charge in [0.15, 0.2) is 11.8 Å². The zero-order chi connectivity index (χ0) is 62.0. The van der Waals surface area contributed by atoms with Gasteiger partial charge >= 0.3 is 0 Å². The van der Waals surface area contributed by atoms with Crippen LogP contribution in [0, 0.1) is 0 Å². The molecule has 22 heteroatoms. The number of carboxylic acids is 1. The summed E-state index contributed by atoms with van der Waals surface area (Å²) in [5, 5.41) is 31.5. The average Bonchev–Trinajstić information content (AvgIpc) is 1.46. The van der Waals surface area contributed by atoms with Crippen LogP contribution in [0.25, 0.3) is 39.1 Å². The highest BCUT2D eigenvalue weighted by molar-refractivity contribution is 6.33. The van der Waals surface area contributed by atoms with Gasteiger partial charge in [-0.1, -0.05) is 54.1 Å². The highest BCUT2D eigenvalue weighted by Crippen LogP contribution is 2.49. The number of hydrogen-bond donors (Lipinski definition) is 4. The van der Waals surface area contributed by atoms with Crippen LogP contribution in [-0.4, -0.2) is 174 Å². The quantitative estimate of drug-likeness (QED) is 0.0449. The number of aromatic nitrogens is 3. The number of carbonyl (C=O) groups excluding carboxylic acids is 3. The van der Waals surface area contributed by atoms with Crippen molar-refractivity contribution in [2.45, 2.75) is 75.8 Å². The minimum atomic E-state index is -1.30. The van der Waals surface area contributed by atoms with Crippen LogP contribution in [0.2, 0.25) is 5.02 Å². The fraction of sp³-hybridized carbons (Fsp3) is 0.420. The van der Waals surface area contributed by atoms with Crippen molar-refractivity contribution >= 4 is 51.8 Å². The van der Waals surface area contributed by atoms with Crippen molar-refractivity contribution in [2.75, 3.05) is 117 Å². The number of carbonyl (C=O) groups is 3. The highest BCUT2D eigenvalue weighted by Gasteiger charge is 2.49. The number of pyridine rings is 1. The summed E-state index contributed by atoms with van der Waals surface area (Å²) in [6.45, 7) is 7.33. The molecule has 7 aliphatic heterocycles. The number of hydrogen-bond acceptors (Lipinski definition) is 17. The van der Waals surface area contributed by atoms with E-state index in [0.717, 1.165) is 122 Å². The second-order valence-corrected chi connectivity index (χ2v) is 24.3. The van der Waals surface area contributed by atoms with Crippen LogP contribution in [0.4, 0.5) is 5.69 Å². The number of amides is 2. The molecule has 2 aromatic heterocycles. The summed E-state index contributed by atoms with van der Waals surface area (Å²) in [5.41, 5.74) is 13.1. The van der Waals surface area contributed by atoms with Crippen molar-refractivity contribution in [2.24, 2.45) is 0 Å². The largest absolute Gasteiger partial charge is 0.545 e. The molecule has 5 aromatic carbocycles. The molecule has 0 unspecified atom stereocenters. The minimum Gasteiger partial charge on any atom is -0.545 e. The number of imidazole rings is 1. The Morgan fingerprint density at radius 3 is 2.19 bits per heavy atom. The van der Waals surface area contributed by atoms with E-state index in [2.05, 4.69) is 42.2 Å². The lowest BCUT2D eigenvalue weighted by atomic mass is 9.81. The van der Waals surface area contributed by atoms with Crippen LogP contribution in [0.1, 0.15) is 79.8 Å². The van der Waals surface area contributed by atoms with Crippen molar-refractivity contribution in [3.63, 3.8) is 0 Å². The van der Waals surface area contributed by atoms with Gasteiger partial charge in [0, 0.05) is 82.3 Å². The number of anilines is 1. The normalized spacial score (nSPS) is 19.3. The molecule has 0 radical (unpaired) electrons. The lowest BCUT2D eigenvalue weighted by Gasteiger charge is -2.39. The maximum atomic E-state index is 13.8. The third-order valence-electron chi connectivity index (χ3n) is 18.0. The molecule has 0 spiro atoms. The fourth-order valence-electron chi connectivity index (χ4n) is 13.9. The van der Waals surface area contributed by atoms with Crippen molar-refractivity contribution in [1.29, 1.82) is 0 Å². The van der Waals surface area contributed by atoms with Gasteiger partial charge in [-0.2, -0.15) is 4.98 Å². The van der Waals surface area contributed by atoms with Crippen molar-refractivity contribution in [3.8, 4) is 45.6 Å². The zero-order valence-electron chi connectivity index (χ0n) is 50.5. The smallest absolute Gasteiger partial charge is 0.296 e. The molecule has 2 amide bonds. The average molecular weight is 1260 g/mol. The topological polar surface area (TPSA) is 249 Å². The summed E-state index contributed by atoms with van der Waals surface area (Å²) in [6.07, 6.45) is 5.91. The summed E-state index contributed by atoms with van der Waals surface area (Å²) < 4.78 is 55.4. The number of aliphatic hydroxyl groups is 1. The number of rotatable bonds is 25. The molecule has 7 aliphatic rings. The molecule has 0 bridgehead atoms. The van der Waals surface area contributed by atoms with E-state index in [9.17, 15) is 24.6 Å². The Balaban J connectivity index is 0.479. The Hall–Kier alpha value is -7.99. The summed E-state index contributed by atoms with van der Waals surface area (Å²) in [4.78, 5) is 54.1. The lowest BCUT2D eigenvalue weighted by molar-refractivity contribution is -0.255. The van der Waals surface area contributed by atoms with Gasteiger partial charge in [0.1, 0.15) is 61.9 Å². The SMILES string of the molecule is O=C(COCCOCCOCCOCCNC(=O)c1ccc(C(=O)[O-])c(C2=c3cc4c5c(c3Oc3c2cc2c6c3CCCN6CCC2)CCC[N+]=5CCC4)c1)NCCOc1ccc(-c2ccc(-c3nc4nc(O[C@@H]5CO[C@H]6[C@@H]5OC[C@H]6O)[nH]c4cc3Cl)cc2)cc1. The van der Waals surface area contributed by atoms with Crippen molar-refractivity contribution < 1.29 is 67.2 Å². The molecular weight excluding hydrogens is 1190 g/mol. The van der Waals surface area contributed by atoms with E-state index in [1.807, 2.05) is 48.5 Å². The van der Waals surface area contributed by atoms with E-state index in [0.29, 0.717) is 78.3 Å². The summed E-state index contributed by atoms with van der Waals surface area (Å²) in [6, 6.07) is 26.8. The number of fused-ring (bicyclic) bond motifs is 6. The summed E-state index contributed by atoms with van der Waals surface area (Å²) in [5.74, 6) is 0.377. The number of aryl methyl sites for hydroxylation is 2. The van der Waals surface area contributed by atoms with Crippen LogP contribution < -0.4 is 50.0 Å². The van der Waals surface area contributed by atoms with Crippen LogP contribution in [0.3, 0.4) is 0 Å². The Labute approximate surface area is 530 Å². The molecule has 14 rings (SSSR count). The van der Waals surface area contributed by atoms with Gasteiger partial charge in [-0.05, 0) is 103 Å². The molecule has 2 saturated heterocycles. The Kier molecular flexibility index (Phi) is 18.0. The van der Waals surface area contributed by atoms with Gasteiger partial charge in [-0.15, -0.1) is 0 Å². The number of halogens is 1. The monoisotopic (exact) mass is 1260 g/mol. The lowest BCUT2D eigenvalue weighted by Crippen LogP contribution is -2.45. The molecule has 9 heterocycles. The summed E-state index contributed by atoms with van der Waals surface area (Å²) >= 11 is 6.70. The van der Waals surface area contributed by atoms with Gasteiger partial charge in [0.25, 0.3) is 11.9 Å². The first-order chi connectivity index (χ1) is 44.6. The third-order valence-corrected chi connectivity index (χ3v) is 18.3. The van der Waals surface area contributed by atoms with E-state index in [1.54, 1.807) is 18.2 Å². The molecule has 91 heavy (non-hydrogen) atoms. The van der Waals surface area contributed by atoms with E-state index in [1.165, 1.54) is 39.4 Å². The van der Waals surface area contributed by atoms with Crippen molar-refractivity contribution in [3.05, 3.63) is 145 Å². The number of ether oxygens (including phenoxy) is 9. The highest BCUT2D eigenvalue weighted by atomic mass is 35.5. The molecule has 0 aliphatic carbocycles. The maximum Gasteiger partial charge on any atom is 0.296 e. The Morgan fingerprint density at radius 2 is 1.40 bits per heavy atom. The first kappa shape index (κ1) is 60.6.